The Hall–Kier alpha value is -2.68. The molecule has 0 saturated heterocycles. The Morgan fingerprint density at radius 1 is 0.700 bits per heavy atom. The van der Waals surface area contributed by atoms with Crippen molar-refractivity contribution in [1.29, 1.82) is 0 Å². The number of hydrogen-bond donors (Lipinski definition) is 0. The molecule has 0 aliphatic carbocycles. The quantitative estimate of drug-likeness (QED) is 0.256. The van der Waals surface area contributed by atoms with Gasteiger partial charge < -0.3 is 0 Å². The molecule has 0 radical (unpaired) electrons. The van der Waals surface area contributed by atoms with E-state index in [4.69, 9.17) is 23.2 Å². The molecular formula is C24H20Cl2F4N6O2S2. The molecule has 0 spiro atoms. The Kier molecular flexibility index (Phi) is 8.69. The zero-order valence-corrected chi connectivity index (χ0v) is 23.5. The van der Waals surface area contributed by atoms with E-state index in [9.17, 15) is 26.0 Å². The maximum absolute atomic E-state index is 12.5. The first-order valence-corrected chi connectivity index (χ1v) is 15.1. The summed E-state index contributed by atoms with van der Waals surface area (Å²) in [6, 6.07) is 14.3. The predicted molar refractivity (Wildman–Crippen MR) is 141 cm³/mol. The van der Waals surface area contributed by atoms with E-state index < -0.39 is 33.1 Å². The molecule has 212 valence electrons. The number of rotatable bonds is 6. The van der Waals surface area contributed by atoms with Crippen LogP contribution in [0.1, 0.15) is 47.7 Å². The molecule has 0 saturated carbocycles. The first-order valence-electron chi connectivity index (χ1n) is 11.9. The van der Waals surface area contributed by atoms with Gasteiger partial charge in [0.25, 0.3) is 0 Å². The summed E-state index contributed by atoms with van der Waals surface area (Å²) in [4.78, 5) is 7.89. The van der Waals surface area contributed by atoms with Crippen LogP contribution in [0.15, 0.2) is 58.8 Å². The highest BCUT2D eigenvalue weighted by molar-refractivity contribution is 7.85. The lowest BCUT2D eigenvalue weighted by Crippen LogP contribution is -2.10. The van der Waals surface area contributed by atoms with Gasteiger partial charge in [-0.05, 0) is 36.1 Å². The second-order valence-electron chi connectivity index (χ2n) is 8.78. The number of fused-ring (bicyclic) bond motifs is 2. The molecule has 2 aliphatic rings. The minimum atomic E-state index is -2.98. The van der Waals surface area contributed by atoms with E-state index in [0.29, 0.717) is 34.5 Å². The van der Waals surface area contributed by atoms with Crippen LogP contribution >= 0.6 is 23.2 Å². The zero-order chi connectivity index (χ0) is 28.6. The summed E-state index contributed by atoms with van der Waals surface area (Å²) in [5.41, 5.74) is 1.74. The molecule has 8 nitrogen and oxygen atoms in total. The fourth-order valence-corrected chi connectivity index (χ4v) is 6.25. The van der Waals surface area contributed by atoms with E-state index in [1.54, 1.807) is 21.5 Å². The van der Waals surface area contributed by atoms with Crippen LogP contribution in [0.4, 0.5) is 17.6 Å². The second kappa shape index (κ2) is 12.0. The van der Waals surface area contributed by atoms with E-state index in [2.05, 4.69) is 20.2 Å². The molecule has 0 bridgehead atoms. The lowest BCUT2D eigenvalue weighted by molar-refractivity contribution is 0.242. The number of benzene rings is 2. The SMILES string of the molecule is O=[S@@](c1nc2n(n1)[C@H](c1ccccc1Cl)CC2)C(F)F.O=[S@](c1nc2n(n1)[C@H](c1ccccc1Cl)CC2)C(F)F. The standard InChI is InChI=1S/2C12H10ClF2N3OS/c2*13-8-4-2-1-3-7(8)9-5-6-10-16-12(17-18(9)10)20(19)11(14)15/h2*1-4,9,11H,5-6H2/t9-,20+;9-,20-/m00/s1. The molecule has 16 heteroatoms. The van der Waals surface area contributed by atoms with Gasteiger partial charge in [-0.1, -0.05) is 59.6 Å². The third-order valence-electron chi connectivity index (χ3n) is 6.45. The summed E-state index contributed by atoms with van der Waals surface area (Å²) in [7, 11) is -4.96. The van der Waals surface area contributed by atoms with Gasteiger partial charge in [-0.2, -0.15) is 17.6 Å². The highest BCUT2D eigenvalue weighted by Gasteiger charge is 2.32. The highest BCUT2D eigenvalue weighted by Crippen LogP contribution is 2.36. The van der Waals surface area contributed by atoms with Gasteiger partial charge in [-0.15, -0.1) is 10.2 Å². The Labute approximate surface area is 240 Å². The van der Waals surface area contributed by atoms with Crippen molar-refractivity contribution in [2.24, 2.45) is 0 Å². The normalized spacial score (nSPS) is 19.3. The van der Waals surface area contributed by atoms with E-state index in [-0.39, 0.29) is 22.4 Å². The lowest BCUT2D eigenvalue weighted by atomic mass is 10.1. The summed E-state index contributed by atoms with van der Waals surface area (Å²) in [5.74, 6) is -4.81. The first-order chi connectivity index (χ1) is 19.2. The van der Waals surface area contributed by atoms with Crippen molar-refractivity contribution in [2.45, 2.75) is 59.6 Å². The van der Waals surface area contributed by atoms with Crippen LogP contribution in [0.5, 0.6) is 0 Å². The average molecular weight is 635 g/mol. The Balaban J connectivity index is 0.000000161. The van der Waals surface area contributed by atoms with Crippen LogP contribution in [-0.2, 0) is 34.4 Å². The molecule has 4 heterocycles. The van der Waals surface area contributed by atoms with Gasteiger partial charge in [0.1, 0.15) is 11.6 Å². The maximum Gasteiger partial charge on any atom is 0.319 e. The summed E-state index contributed by atoms with van der Waals surface area (Å²) in [6.45, 7) is 0. The van der Waals surface area contributed by atoms with Crippen LogP contribution in [-0.4, -0.2) is 49.5 Å². The number of aryl methyl sites for hydroxylation is 2. The van der Waals surface area contributed by atoms with Gasteiger partial charge in [0, 0.05) is 22.9 Å². The molecule has 2 aliphatic heterocycles. The molecule has 0 fully saturated rings. The summed E-state index contributed by atoms with van der Waals surface area (Å²) in [6.07, 6.45) is 2.70. The molecule has 0 unspecified atom stereocenters. The van der Waals surface area contributed by atoms with Crippen LogP contribution in [0.25, 0.3) is 0 Å². The van der Waals surface area contributed by atoms with Crippen molar-refractivity contribution in [1.82, 2.24) is 29.5 Å². The summed E-state index contributed by atoms with van der Waals surface area (Å²) in [5, 5.41) is 8.52. The van der Waals surface area contributed by atoms with Crippen LogP contribution < -0.4 is 0 Å². The van der Waals surface area contributed by atoms with Crippen LogP contribution in [0.2, 0.25) is 10.0 Å². The van der Waals surface area contributed by atoms with Gasteiger partial charge in [0.2, 0.25) is 10.3 Å². The highest BCUT2D eigenvalue weighted by atomic mass is 35.5. The lowest BCUT2D eigenvalue weighted by Gasteiger charge is -2.13. The summed E-state index contributed by atoms with van der Waals surface area (Å²) >= 11 is 12.3. The third kappa shape index (κ3) is 5.71. The second-order valence-corrected chi connectivity index (χ2v) is 12.2. The predicted octanol–water partition coefficient (Wildman–Crippen LogP) is 5.59. The fourth-order valence-electron chi connectivity index (χ4n) is 4.68. The van der Waals surface area contributed by atoms with Crippen molar-refractivity contribution in [3.8, 4) is 0 Å². The number of hydrogen-bond acceptors (Lipinski definition) is 6. The van der Waals surface area contributed by atoms with Gasteiger partial charge >= 0.3 is 11.5 Å². The molecule has 40 heavy (non-hydrogen) atoms. The van der Waals surface area contributed by atoms with Gasteiger partial charge in [0.15, 0.2) is 21.6 Å². The molecule has 4 aromatic rings. The van der Waals surface area contributed by atoms with Crippen molar-refractivity contribution in [3.63, 3.8) is 0 Å². The van der Waals surface area contributed by atoms with Crippen LogP contribution in [0.3, 0.4) is 0 Å². The molecule has 6 rings (SSSR count). The third-order valence-corrected chi connectivity index (χ3v) is 8.85. The van der Waals surface area contributed by atoms with Crippen molar-refractivity contribution >= 4 is 44.8 Å². The number of alkyl halides is 4. The Morgan fingerprint density at radius 2 is 1.07 bits per heavy atom. The summed E-state index contributed by atoms with van der Waals surface area (Å²) < 4.78 is 75.6. The zero-order valence-electron chi connectivity index (χ0n) is 20.3. The van der Waals surface area contributed by atoms with Gasteiger partial charge in [-0.3, -0.25) is 0 Å². The molecule has 2 aromatic heterocycles. The number of halogens is 6. The smallest absolute Gasteiger partial charge is 0.245 e. The van der Waals surface area contributed by atoms with E-state index in [0.717, 1.165) is 24.0 Å². The van der Waals surface area contributed by atoms with Crippen molar-refractivity contribution < 1.29 is 26.0 Å². The van der Waals surface area contributed by atoms with E-state index in [1.165, 1.54) is 0 Å². The Morgan fingerprint density at radius 3 is 1.43 bits per heavy atom. The van der Waals surface area contributed by atoms with E-state index >= 15 is 0 Å². The molecular weight excluding hydrogens is 615 g/mol. The minimum absolute atomic E-state index is 0.144. The molecule has 0 N–H and O–H groups in total. The van der Waals surface area contributed by atoms with Crippen molar-refractivity contribution in [2.75, 3.05) is 0 Å². The topological polar surface area (TPSA) is 95.6 Å². The van der Waals surface area contributed by atoms with Gasteiger partial charge in [-0.25, -0.2) is 27.7 Å². The van der Waals surface area contributed by atoms with Crippen molar-refractivity contribution in [3.05, 3.63) is 81.4 Å². The number of nitrogens with zero attached hydrogens (tertiary/aromatic N) is 6. The number of aromatic nitrogens is 6. The minimum Gasteiger partial charge on any atom is -0.245 e. The average Bonchev–Trinajstić information content (AvgIpc) is 3.70. The first kappa shape index (κ1) is 28.8. The Bertz CT molecular complexity index is 1470. The van der Waals surface area contributed by atoms with Gasteiger partial charge in [0.05, 0.1) is 12.1 Å². The fraction of sp³-hybridized carbons (Fsp3) is 0.333. The molecule has 2 aromatic carbocycles. The largest absolute Gasteiger partial charge is 0.319 e. The monoisotopic (exact) mass is 634 g/mol. The van der Waals surface area contributed by atoms with E-state index in [1.807, 2.05) is 36.4 Å². The molecule has 4 atom stereocenters. The molecule has 0 amide bonds. The maximum atomic E-state index is 12.5. The van der Waals surface area contributed by atoms with Crippen LogP contribution in [0, 0.1) is 0 Å².